The minimum absolute atomic E-state index is 0.508. The smallest absolute Gasteiger partial charge is 0.344 e. The molecule has 1 atom stereocenters. The Morgan fingerprint density at radius 1 is 1.50 bits per heavy atom. The van der Waals surface area contributed by atoms with Crippen LogP contribution in [0.5, 0.6) is 5.75 Å². The Bertz CT molecular complexity index is 562. The topological polar surface area (TPSA) is 59.3 Å². The van der Waals surface area contributed by atoms with Crippen molar-refractivity contribution in [2.24, 2.45) is 0 Å². The summed E-state index contributed by atoms with van der Waals surface area (Å²) in [6, 6.07) is 7.04. The third-order valence-electron chi connectivity index (χ3n) is 3.04. The van der Waals surface area contributed by atoms with Gasteiger partial charge in [0.1, 0.15) is 5.75 Å². The summed E-state index contributed by atoms with van der Waals surface area (Å²) >= 11 is 6.27. The minimum Gasteiger partial charge on any atom is -0.438 e. The molecular formula is C13H12ClNO3. The number of carbonyl (C=O) groups excluding carboxylic acids is 1. The van der Waals surface area contributed by atoms with E-state index in [-0.39, 0.29) is 0 Å². The summed E-state index contributed by atoms with van der Waals surface area (Å²) < 4.78 is 10.6. The summed E-state index contributed by atoms with van der Waals surface area (Å²) in [5.74, 6) is 0.00152. The predicted molar refractivity (Wildman–Crippen MR) is 65.2 cm³/mol. The molecule has 5 heteroatoms. The van der Waals surface area contributed by atoms with Crippen LogP contribution in [-0.4, -0.2) is 11.2 Å². The van der Waals surface area contributed by atoms with Crippen LogP contribution in [0.1, 0.15) is 31.9 Å². The molecule has 1 heterocycles. The first kappa shape index (κ1) is 12.7. The summed E-state index contributed by atoms with van der Waals surface area (Å²) in [6.07, 6.45) is 0. The van der Waals surface area contributed by atoms with Gasteiger partial charge in [0.2, 0.25) is 0 Å². The lowest BCUT2D eigenvalue weighted by atomic mass is 9.84. The zero-order valence-electron chi connectivity index (χ0n) is 10.3. The highest BCUT2D eigenvalue weighted by atomic mass is 35.5. The molecule has 0 radical (unpaired) electrons. The lowest BCUT2D eigenvalue weighted by Gasteiger charge is -2.32. The number of nitrogens with zero attached hydrogens (tertiary/aromatic N) is 1. The molecular weight excluding hydrogens is 254 g/mol. The standard InChI is InChI=1S/C13H12ClNO3/c1-8(16)17-13(14)12(2,3)10-6-9(7-15)4-5-11(10)18-13/h4-6H,1-3H3. The molecule has 0 amide bonds. The molecule has 94 valence electrons. The zero-order valence-corrected chi connectivity index (χ0v) is 11.0. The van der Waals surface area contributed by atoms with E-state index in [1.807, 2.05) is 0 Å². The fourth-order valence-electron chi connectivity index (χ4n) is 1.94. The van der Waals surface area contributed by atoms with Crippen LogP contribution in [0.15, 0.2) is 18.2 Å². The van der Waals surface area contributed by atoms with Crippen LogP contribution in [0, 0.1) is 11.3 Å². The van der Waals surface area contributed by atoms with Gasteiger partial charge in [0.05, 0.1) is 17.0 Å². The van der Waals surface area contributed by atoms with E-state index in [0.29, 0.717) is 11.3 Å². The van der Waals surface area contributed by atoms with E-state index in [1.54, 1.807) is 32.0 Å². The number of nitriles is 1. The molecule has 0 N–H and O–H groups in total. The fraction of sp³-hybridized carbons (Fsp3) is 0.385. The molecule has 0 spiro atoms. The quantitative estimate of drug-likeness (QED) is 0.579. The van der Waals surface area contributed by atoms with Crippen LogP contribution in [0.25, 0.3) is 0 Å². The maximum Gasteiger partial charge on any atom is 0.344 e. The number of hydrogen-bond donors (Lipinski definition) is 0. The lowest BCUT2D eigenvalue weighted by Crippen LogP contribution is -2.46. The van der Waals surface area contributed by atoms with Gasteiger partial charge in [-0.1, -0.05) is 0 Å². The summed E-state index contributed by atoms with van der Waals surface area (Å²) in [5, 5.41) is 7.33. The van der Waals surface area contributed by atoms with Crippen LogP contribution >= 0.6 is 11.6 Å². The Kier molecular flexibility index (Phi) is 2.75. The highest BCUT2D eigenvalue weighted by Crippen LogP contribution is 2.52. The molecule has 2 rings (SSSR count). The highest BCUT2D eigenvalue weighted by Gasteiger charge is 2.57. The molecule has 0 fully saturated rings. The molecule has 0 aromatic heterocycles. The molecule has 0 saturated heterocycles. The van der Waals surface area contributed by atoms with Crippen molar-refractivity contribution in [3.8, 4) is 11.8 Å². The van der Waals surface area contributed by atoms with Crippen LogP contribution in [-0.2, 0) is 14.9 Å². The first-order valence-electron chi connectivity index (χ1n) is 5.42. The van der Waals surface area contributed by atoms with Crippen molar-refractivity contribution in [2.75, 3.05) is 0 Å². The van der Waals surface area contributed by atoms with Gasteiger partial charge in [-0.15, -0.1) is 0 Å². The maximum absolute atomic E-state index is 11.1. The number of hydrogen-bond acceptors (Lipinski definition) is 4. The number of fused-ring (bicyclic) bond motifs is 1. The van der Waals surface area contributed by atoms with Gasteiger partial charge in [-0.25, -0.2) is 0 Å². The average molecular weight is 266 g/mol. The second kappa shape index (κ2) is 3.89. The van der Waals surface area contributed by atoms with E-state index < -0.39 is 16.6 Å². The maximum atomic E-state index is 11.1. The highest BCUT2D eigenvalue weighted by molar-refractivity contribution is 6.24. The first-order chi connectivity index (χ1) is 8.30. The van der Waals surface area contributed by atoms with E-state index in [1.165, 1.54) is 6.92 Å². The second-order valence-corrected chi connectivity index (χ2v) is 5.18. The van der Waals surface area contributed by atoms with E-state index in [0.717, 1.165) is 5.56 Å². The Hall–Kier alpha value is -1.73. The lowest BCUT2D eigenvalue weighted by molar-refractivity contribution is -0.178. The molecule has 1 aliphatic rings. The van der Waals surface area contributed by atoms with Gasteiger partial charge in [-0.2, -0.15) is 5.26 Å². The predicted octanol–water partition coefficient (Wildman–Crippen LogP) is 2.68. The molecule has 1 aliphatic heterocycles. The van der Waals surface area contributed by atoms with Gasteiger partial charge in [-0.05, 0) is 43.6 Å². The molecule has 1 aromatic rings. The van der Waals surface area contributed by atoms with Crippen molar-refractivity contribution in [2.45, 2.75) is 31.4 Å². The second-order valence-electron chi connectivity index (χ2n) is 4.68. The molecule has 18 heavy (non-hydrogen) atoms. The third-order valence-corrected chi connectivity index (χ3v) is 3.67. The monoisotopic (exact) mass is 265 g/mol. The fourth-order valence-corrected chi connectivity index (χ4v) is 2.23. The number of carbonyl (C=O) groups is 1. The van der Waals surface area contributed by atoms with Gasteiger partial charge >= 0.3 is 11.2 Å². The first-order valence-corrected chi connectivity index (χ1v) is 5.80. The van der Waals surface area contributed by atoms with Crippen molar-refractivity contribution < 1.29 is 14.3 Å². The van der Waals surface area contributed by atoms with Crippen LogP contribution in [0.2, 0.25) is 0 Å². The normalized spacial score (nSPS) is 23.7. The molecule has 1 unspecified atom stereocenters. The number of esters is 1. The SMILES string of the molecule is CC(=O)OC1(Cl)Oc2ccc(C#N)cc2C1(C)C. The van der Waals surface area contributed by atoms with Gasteiger partial charge in [0, 0.05) is 12.5 Å². The van der Waals surface area contributed by atoms with E-state index in [9.17, 15) is 4.79 Å². The van der Waals surface area contributed by atoms with Crippen LogP contribution in [0.4, 0.5) is 0 Å². The van der Waals surface area contributed by atoms with E-state index >= 15 is 0 Å². The summed E-state index contributed by atoms with van der Waals surface area (Å²) in [7, 11) is 0. The van der Waals surface area contributed by atoms with Gasteiger partial charge < -0.3 is 9.47 Å². The molecule has 4 nitrogen and oxygen atoms in total. The van der Waals surface area contributed by atoms with E-state index in [2.05, 4.69) is 6.07 Å². The van der Waals surface area contributed by atoms with Crippen molar-refractivity contribution >= 4 is 17.6 Å². The summed E-state index contributed by atoms with van der Waals surface area (Å²) in [4.78, 5) is 11.1. The zero-order chi connectivity index (χ0) is 13.6. The number of alkyl halides is 1. The Morgan fingerprint density at radius 3 is 2.72 bits per heavy atom. The van der Waals surface area contributed by atoms with Gasteiger partial charge in [0.15, 0.2) is 0 Å². The molecule has 0 bridgehead atoms. The number of ether oxygens (including phenoxy) is 2. The molecule has 0 aliphatic carbocycles. The summed E-state index contributed by atoms with van der Waals surface area (Å²) in [5.41, 5.74) is 0.509. The van der Waals surface area contributed by atoms with Crippen molar-refractivity contribution in [1.82, 2.24) is 0 Å². The minimum atomic E-state index is -1.57. The Labute approximate surface area is 110 Å². The van der Waals surface area contributed by atoms with Crippen molar-refractivity contribution in [3.05, 3.63) is 29.3 Å². The van der Waals surface area contributed by atoms with Crippen LogP contribution in [0.3, 0.4) is 0 Å². The number of benzene rings is 1. The summed E-state index contributed by atoms with van der Waals surface area (Å²) in [6.45, 7) is 4.87. The van der Waals surface area contributed by atoms with Gasteiger partial charge in [-0.3, -0.25) is 4.79 Å². The molecule has 0 saturated carbocycles. The Morgan fingerprint density at radius 2 is 2.17 bits per heavy atom. The van der Waals surface area contributed by atoms with Crippen molar-refractivity contribution in [3.63, 3.8) is 0 Å². The average Bonchev–Trinajstić information content (AvgIpc) is 2.45. The third kappa shape index (κ3) is 1.72. The van der Waals surface area contributed by atoms with Crippen LogP contribution < -0.4 is 4.74 Å². The Balaban J connectivity index is 2.51. The number of halogens is 1. The van der Waals surface area contributed by atoms with E-state index in [4.69, 9.17) is 26.3 Å². The number of rotatable bonds is 1. The van der Waals surface area contributed by atoms with Gasteiger partial charge in [0.25, 0.3) is 0 Å². The molecule has 1 aromatic carbocycles. The van der Waals surface area contributed by atoms with Crippen molar-refractivity contribution in [1.29, 1.82) is 5.26 Å². The largest absolute Gasteiger partial charge is 0.438 e.